The Balaban J connectivity index is 1.82. The zero-order valence-corrected chi connectivity index (χ0v) is 10.8. The van der Waals surface area contributed by atoms with Crippen LogP contribution in [0.5, 0.6) is 5.75 Å². The first-order chi connectivity index (χ1) is 9.18. The zero-order chi connectivity index (χ0) is 13.7. The summed E-state index contributed by atoms with van der Waals surface area (Å²) in [6.07, 6.45) is 0. The summed E-state index contributed by atoms with van der Waals surface area (Å²) in [6.45, 7) is 4.57. The van der Waals surface area contributed by atoms with Crippen LogP contribution in [0.3, 0.4) is 0 Å². The van der Waals surface area contributed by atoms with Crippen LogP contribution in [0.2, 0.25) is 0 Å². The third-order valence-corrected chi connectivity index (χ3v) is 3.13. The van der Waals surface area contributed by atoms with Crippen LogP contribution in [0.25, 0.3) is 0 Å². The second-order valence-corrected chi connectivity index (χ2v) is 4.45. The molecule has 0 aromatic heterocycles. The van der Waals surface area contributed by atoms with E-state index in [0.29, 0.717) is 6.54 Å². The summed E-state index contributed by atoms with van der Waals surface area (Å²) >= 11 is 0. The lowest BCUT2D eigenvalue weighted by Gasteiger charge is -2.26. The standard InChI is InChI=1S/C13H19N3O3/c14-11-3-1-2-10(12(11)17)13(18)15-4-5-16-6-8-19-9-7-16/h1-3,17H,4-9,14H2,(H,15,18). The van der Waals surface area contributed by atoms with E-state index in [9.17, 15) is 9.90 Å². The molecule has 1 fully saturated rings. The van der Waals surface area contributed by atoms with Gasteiger partial charge in [0.1, 0.15) is 0 Å². The number of para-hydroxylation sites is 1. The van der Waals surface area contributed by atoms with Crippen molar-refractivity contribution in [1.29, 1.82) is 0 Å². The van der Waals surface area contributed by atoms with Crippen LogP contribution in [0.4, 0.5) is 5.69 Å². The number of nitrogens with one attached hydrogen (secondary N) is 1. The number of nitrogens with two attached hydrogens (primary N) is 1. The number of hydrogen-bond donors (Lipinski definition) is 3. The van der Waals surface area contributed by atoms with Crippen LogP contribution >= 0.6 is 0 Å². The second kappa shape index (κ2) is 6.40. The summed E-state index contributed by atoms with van der Waals surface area (Å²) in [4.78, 5) is 14.1. The molecule has 104 valence electrons. The summed E-state index contributed by atoms with van der Waals surface area (Å²) in [7, 11) is 0. The van der Waals surface area contributed by atoms with Gasteiger partial charge in [-0.15, -0.1) is 0 Å². The van der Waals surface area contributed by atoms with Crippen LogP contribution in [-0.2, 0) is 4.74 Å². The first kappa shape index (κ1) is 13.6. The SMILES string of the molecule is Nc1cccc(C(=O)NCCN2CCOCC2)c1O. The van der Waals surface area contributed by atoms with Crippen molar-refractivity contribution in [3.63, 3.8) is 0 Å². The average Bonchev–Trinajstić information content (AvgIpc) is 2.43. The molecule has 19 heavy (non-hydrogen) atoms. The molecule has 1 aliphatic rings. The van der Waals surface area contributed by atoms with Gasteiger partial charge >= 0.3 is 0 Å². The first-order valence-electron chi connectivity index (χ1n) is 6.34. The van der Waals surface area contributed by atoms with Gasteiger partial charge in [-0.2, -0.15) is 0 Å². The van der Waals surface area contributed by atoms with Crippen molar-refractivity contribution in [2.24, 2.45) is 0 Å². The van der Waals surface area contributed by atoms with Gasteiger partial charge in [0.15, 0.2) is 5.75 Å². The van der Waals surface area contributed by atoms with E-state index in [2.05, 4.69) is 10.2 Å². The minimum atomic E-state index is -0.307. The monoisotopic (exact) mass is 265 g/mol. The van der Waals surface area contributed by atoms with E-state index in [0.717, 1.165) is 32.8 Å². The number of phenols is 1. The second-order valence-electron chi connectivity index (χ2n) is 4.45. The molecule has 6 heteroatoms. The molecular formula is C13H19N3O3. The Morgan fingerprint density at radius 2 is 2.16 bits per heavy atom. The molecule has 1 aromatic rings. The molecule has 1 aromatic carbocycles. The number of morpholine rings is 1. The van der Waals surface area contributed by atoms with Gasteiger partial charge < -0.3 is 20.9 Å². The van der Waals surface area contributed by atoms with E-state index in [1.54, 1.807) is 18.2 Å². The number of nitrogens with zero attached hydrogens (tertiary/aromatic N) is 1. The normalized spacial score (nSPS) is 16.2. The number of amides is 1. The van der Waals surface area contributed by atoms with Crippen molar-refractivity contribution < 1.29 is 14.6 Å². The van der Waals surface area contributed by atoms with Crippen molar-refractivity contribution >= 4 is 11.6 Å². The lowest BCUT2D eigenvalue weighted by Crippen LogP contribution is -2.41. The molecule has 0 atom stereocenters. The van der Waals surface area contributed by atoms with E-state index in [-0.39, 0.29) is 22.9 Å². The summed E-state index contributed by atoms with van der Waals surface area (Å²) in [5.74, 6) is -0.468. The highest BCUT2D eigenvalue weighted by Gasteiger charge is 2.14. The fourth-order valence-electron chi connectivity index (χ4n) is 1.99. The molecule has 1 amide bonds. The summed E-state index contributed by atoms with van der Waals surface area (Å²) in [5, 5.41) is 12.5. The maximum Gasteiger partial charge on any atom is 0.255 e. The van der Waals surface area contributed by atoms with Crippen LogP contribution in [-0.4, -0.2) is 55.3 Å². The number of ether oxygens (including phenoxy) is 1. The van der Waals surface area contributed by atoms with Crippen molar-refractivity contribution in [2.45, 2.75) is 0 Å². The average molecular weight is 265 g/mol. The third-order valence-electron chi connectivity index (χ3n) is 3.13. The van der Waals surface area contributed by atoms with Crippen LogP contribution < -0.4 is 11.1 Å². The van der Waals surface area contributed by atoms with E-state index >= 15 is 0 Å². The number of anilines is 1. The molecule has 0 aliphatic carbocycles. The number of aromatic hydroxyl groups is 1. The Hall–Kier alpha value is -1.79. The maximum absolute atomic E-state index is 11.9. The number of benzene rings is 1. The lowest BCUT2D eigenvalue weighted by atomic mass is 10.1. The molecule has 0 saturated carbocycles. The van der Waals surface area contributed by atoms with E-state index < -0.39 is 0 Å². The highest BCUT2D eigenvalue weighted by Crippen LogP contribution is 2.23. The van der Waals surface area contributed by atoms with Crippen molar-refractivity contribution in [2.75, 3.05) is 45.1 Å². The van der Waals surface area contributed by atoms with Gasteiger partial charge in [0.2, 0.25) is 0 Å². The van der Waals surface area contributed by atoms with Crippen molar-refractivity contribution in [3.8, 4) is 5.75 Å². The molecule has 0 radical (unpaired) electrons. The number of phenolic OH excluding ortho intramolecular Hbond substituents is 1. The lowest BCUT2D eigenvalue weighted by molar-refractivity contribution is 0.0383. The minimum Gasteiger partial charge on any atom is -0.505 e. The molecule has 1 saturated heterocycles. The molecule has 6 nitrogen and oxygen atoms in total. The van der Waals surface area contributed by atoms with Gasteiger partial charge in [-0.05, 0) is 12.1 Å². The number of nitrogen functional groups attached to an aromatic ring is 1. The van der Waals surface area contributed by atoms with Crippen LogP contribution in [0, 0.1) is 0 Å². The predicted octanol–water partition coefficient (Wildman–Crippen LogP) is 0.0364. The molecule has 1 heterocycles. The Morgan fingerprint density at radius 1 is 1.42 bits per heavy atom. The topological polar surface area (TPSA) is 87.8 Å². The van der Waals surface area contributed by atoms with E-state index in [4.69, 9.17) is 10.5 Å². The van der Waals surface area contributed by atoms with Gasteiger partial charge in [0.25, 0.3) is 5.91 Å². The van der Waals surface area contributed by atoms with Gasteiger partial charge in [-0.1, -0.05) is 6.07 Å². The Morgan fingerprint density at radius 3 is 2.89 bits per heavy atom. The van der Waals surface area contributed by atoms with Crippen LogP contribution in [0.1, 0.15) is 10.4 Å². The molecule has 1 aliphatic heterocycles. The van der Waals surface area contributed by atoms with Gasteiger partial charge in [0.05, 0.1) is 24.5 Å². The number of rotatable bonds is 4. The summed E-state index contributed by atoms with van der Waals surface area (Å²) in [6, 6.07) is 4.75. The molecule has 2 rings (SSSR count). The fraction of sp³-hybridized carbons (Fsp3) is 0.462. The highest BCUT2D eigenvalue weighted by atomic mass is 16.5. The predicted molar refractivity (Wildman–Crippen MR) is 72.1 cm³/mol. The molecule has 0 unspecified atom stereocenters. The summed E-state index contributed by atoms with van der Waals surface area (Å²) in [5.41, 5.74) is 5.97. The number of hydrogen-bond acceptors (Lipinski definition) is 5. The number of carbonyl (C=O) groups is 1. The Labute approximate surface area is 112 Å². The molecule has 0 bridgehead atoms. The van der Waals surface area contributed by atoms with E-state index in [1.165, 1.54) is 0 Å². The Bertz CT molecular complexity index is 445. The third kappa shape index (κ3) is 3.59. The summed E-state index contributed by atoms with van der Waals surface area (Å²) < 4.78 is 5.25. The molecule has 0 spiro atoms. The Kier molecular flexibility index (Phi) is 4.59. The van der Waals surface area contributed by atoms with Crippen LogP contribution in [0.15, 0.2) is 18.2 Å². The quantitative estimate of drug-likeness (QED) is 0.528. The number of carbonyl (C=O) groups excluding carboxylic acids is 1. The van der Waals surface area contributed by atoms with Crippen molar-refractivity contribution in [3.05, 3.63) is 23.8 Å². The van der Waals surface area contributed by atoms with E-state index in [1.807, 2.05) is 0 Å². The molecular weight excluding hydrogens is 246 g/mol. The minimum absolute atomic E-state index is 0.161. The first-order valence-corrected chi connectivity index (χ1v) is 6.34. The zero-order valence-electron chi connectivity index (χ0n) is 10.8. The maximum atomic E-state index is 11.9. The smallest absolute Gasteiger partial charge is 0.255 e. The fourth-order valence-corrected chi connectivity index (χ4v) is 1.99. The highest BCUT2D eigenvalue weighted by molar-refractivity contribution is 5.98. The molecule has 4 N–H and O–H groups in total. The van der Waals surface area contributed by atoms with Gasteiger partial charge in [0, 0.05) is 26.2 Å². The van der Waals surface area contributed by atoms with Gasteiger partial charge in [-0.25, -0.2) is 0 Å². The van der Waals surface area contributed by atoms with Crippen molar-refractivity contribution in [1.82, 2.24) is 10.2 Å². The van der Waals surface area contributed by atoms with Gasteiger partial charge in [-0.3, -0.25) is 9.69 Å². The largest absolute Gasteiger partial charge is 0.505 e.